The number of halogens is 2. The summed E-state index contributed by atoms with van der Waals surface area (Å²) in [7, 11) is 0. The van der Waals surface area contributed by atoms with E-state index in [0.717, 1.165) is 19.5 Å². The summed E-state index contributed by atoms with van der Waals surface area (Å²) in [5.41, 5.74) is 5.72. The lowest BCUT2D eigenvalue weighted by molar-refractivity contribution is 0.585. The van der Waals surface area contributed by atoms with E-state index in [-0.39, 0.29) is 10.7 Å². The fourth-order valence-electron chi connectivity index (χ4n) is 1.31. The van der Waals surface area contributed by atoms with Gasteiger partial charge < -0.3 is 16.4 Å². The van der Waals surface area contributed by atoms with Gasteiger partial charge in [0.05, 0.1) is 5.69 Å². The molecule has 0 spiro atoms. The van der Waals surface area contributed by atoms with Crippen molar-refractivity contribution < 1.29 is 4.39 Å². The first-order chi connectivity index (χ1) is 8.15. The van der Waals surface area contributed by atoms with Crippen molar-refractivity contribution in [3.05, 3.63) is 17.0 Å². The third-order valence-corrected chi connectivity index (χ3v) is 2.63. The first-order valence-corrected chi connectivity index (χ1v) is 6.09. The van der Waals surface area contributed by atoms with Gasteiger partial charge in [-0.25, -0.2) is 4.98 Å². The zero-order chi connectivity index (χ0) is 12.7. The van der Waals surface area contributed by atoms with Crippen LogP contribution in [0.25, 0.3) is 0 Å². The lowest BCUT2D eigenvalue weighted by Gasteiger charge is -2.08. The lowest BCUT2D eigenvalue weighted by atomic mass is 10.3. The molecule has 1 aromatic rings. The van der Waals surface area contributed by atoms with Gasteiger partial charge in [-0.1, -0.05) is 24.9 Å². The predicted molar refractivity (Wildman–Crippen MR) is 69.9 cm³/mol. The fourth-order valence-corrected chi connectivity index (χ4v) is 1.41. The van der Waals surface area contributed by atoms with Crippen LogP contribution in [0.4, 0.5) is 15.9 Å². The Labute approximate surface area is 106 Å². The lowest BCUT2D eigenvalue weighted by Crippen LogP contribution is -2.23. The van der Waals surface area contributed by atoms with Gasteiger partial charge in [0.15, 0.2) is 0 Å². The van der Waals surface area contributed by atoms with E-state index < -0.39 is 5.95 Å². The van der Waals surface area contributed by atoms with Gasteiger partial charge in [-0.2, -0.15) is 4.39 Å². The number of rotatable bonds is 7. The summed E-state index contributed by atoms with van der Waals surface area (Å²) < 4.78 is 13.1. The van der Waals surface area contributed by atoms with Gasteiger partial charge in [-0.05, 0) is 13.0 Å². The van der Waals surface area contributed by atoms with Crippen LogP contribution in [0.5, 0.6) is 0 Å². The molecule has 96 valence electrons. The monoisotopic (exact) mass is 260 g/mol. The summed E-state index contributed by atoms with van der Waals surface area (Å²) in [4.78, 5) is 3.65. The highest BCUT2D eigenvalue weighted by Crippen LogP contribution is 2.23. The summed E-state index contributed by atoms with van der Waals surface area (Å²) >= 11 is 5.57. The van der Waals surface area contributed by atoms with Gasteiger partial charge in [0.25, 0.3) is 0 Å². The van der Waals surface area contributed by atoms with Gasteiger partial charge >= 0.3 is 0 Å². The van der Waals surface area contributed by atoms with Crippen LogP contribution in [0.2, 0.25) is 5.02 Å². The van der Waals surface area contributed by atoms with Crippen molar-refractivity contribution in [2.24, 2.45) is 0 Å². The van der Waals surface area contributed by atoms with Crippen LogP contribution in [0.1, 0.15) is 19.8 Å². The van der Waals surface area contributed by atoms with Crippen molar-refractivity contribution in [1.82, 2.24) is 10.3 Å². The average Bonchev–Trinajstić information content (AvgIpc) is 2.30. The molecule has 6 heteroatoms. The normalized spacial score (nSPS) is 10.5. The second kappa shape index (κ2) is 7.29. The first-order valence-electron chi connectivity index (χ1n) is 5.71. The Hall–Kier alpha value is -1.07. The number of nitrogens with two attached hydrogens (primary N) is 1. The molecule has 0 saturated carbocycles. The fraction of sp³-hybridized carbons (Fsp3) is 0.545. The molecule has 1 heterocycles. The van der Waals surface area contributed by atoms with E-state index in [2.05, 4.69) is 22.5 Å². The molecule has 0 aliphatic carbocycles. The van der Waals surface area contributed by atoms with E-state index in [1.165, 1.54) is 12.5 Å². The van der Waals surface area contributed by atoms with Crippen LogP contribution in [0.3, 0.4) is 0 Å². The molecule has 4 N–H and O–H groups in total. The third-order valence-electron chi connectivity index (χ3n) is 2.26. The second-order valence-corrected chi connectivity index (χ2v) is 4.11. The van der Waals surface area contributed by atoms with Crippen molar-refractivity contribution in [2.75, 3.05) is 30.7 Å². The number of aromatic nitrogens is 1. The number of nitrogens with zero attached hydrogens (tertiary/aromatic N) is 1. The summed E-state index contributed by atoms with van der Waals surface area (Å²) in [5.74, 6) is -0.338. The summed E-state index contributed by atoms with van der Waals surface area (Å²) in [6, 6.07) is 1.53. The summed E-state index contributed by atoms with van der Waals surface area (Å²) in [5, 5.41) is 6.11. The Balaban J connectivity index is 2.32. The van der Waals surface area contributed by atoms with Crippen LogP contribution in [0.15, 0.2) is 6.07 Å². The summed E-state index contributed by atoms with van der Waals surface area (Å²) in [6.07, 6.45) is 2.32. The Morgan fingerprint density at radius 3 is 2.82 bits per heavy atom. The highest BCUT2D eigenvalue weighted by atomic mass is 35.5. The molecular formula is C11H18ClFN4. The quantitative estimate of drug-likeness (QED) is 0.520. The van der Waals surface area contributed by atoms with Gasteiger partial charge in [0.1, 0.15) is 10.8 Å². The molecule has 0 aliphatic heterocycles. The molecule has 0 atom stereocenters. The molecule has 0 saturated heterocycles. The maximum atomic E-state index is 13.1. The van der Waals surface area contributed by atoms with Crippen molar-refractivity contribution >= 4 is 23.1 Å². The molecule has 1 aromatic heterocycles. The largest absolute Gasteiger partial charge is 0.397 e. The predicted octanol–water partition coefficient (Wildman–Crippen LogP) is 2.26. The standard InChI is InChI=1S/C11H18ClFN4/c1-2-3-4-15-5-6-16-9-7-8(14)10(12)11(13)17-9/h7,15H,2-6H2,1H3,(H3,14,16,17). The van der Waals surface area contributed by atoms with E-state index in [1.807, 2.05) is 0 Å². The molecule has 0 unspecified atom stereocenters. The Kier molecular flexibility index (Phi) is 6.00. The van der Waals surface area contributed by atoms with Crippen molar-refractivity contribution in [3.63, 3.8) is 0 Å². The first kappa shape index (κ1) is 14.0. The Morgan fingerprint density at radius 1 is 1.41 bits per heavy atom. The number of unbranched alkanes of at least 4 members (excludes halogenated alkanes) is 1. The highest BCUT2D eigenvalue weighted by Gasteiger charge is 2.07. The van der Waals surface area contributed by atoms with Gasteiger partial charge in [0.2, 0.25) is 5.95 Å². The minimum atomic E-state index is -0.742. The smallest absolute Gasteiger partial charge is 0.235 e. The molecule has 1 rings (SSSR count). The zero-order valence-electron chi connectivity index (χ0n) is 9.89. The molecular weight excluding hydrogens is 243 g/mol. The third kappa shape index (κ3) is 4.75. The van der Waals surface area contributed by atoms with Crippen LogP contribution in [0, 0.1) is 5.95 Å². The topological polar surface area (TPSA) is 63.0 Å². The molecule has 0 radical (unpaired) electrons. The number of hydrogen-bond donors (Lipinski definition) is 3. The molecule has 4 nitrogen and oxygen atoms in total. The highest BCUT2D eigenvalue weighted by molar-refractivity contribution is 6.33. The van der Waals surface area contributed by atoms with Crippen molar-refractivity contribution in [2.45, 2.75) is 19.8 Å². The SMILES string of the molecule is CCCCNCCNc1cc(N)c(Cl)c(F)n1. The van der Waals surface area contributed by atoms with Gasteiger partial charge in [-0.15, -0.1) is 0 Å². The molecule has 0 bridgehead atoms. The van der Waals surface area contributed by atoms with E-state index in [4.69, 9.17) is 17.3 Å². The number of nitrogens with one attached hydrogen (secondary N) is 2. The Morgan fingerprint density at radius 2 is 2.18 bits per heavy atom. The van der Waals surface area contributed by atoms with Gasteiger partial charge in [-0.3, -0.25) is 0 Å². The maximum absolute atomic E-state index is 13.1. The van der Waals surface area contributed by atoms with Crippen LogP contribution in [-0.4, -0.2) is 24.6 Å². The van der Waals surface area contributed by atoms with E-state index in [1.54, 1.807) is 0 Å². The van der Waals surface area contributed by atoms with Crippen LogP contribution in [-0.2, 0) is 0 Å². The average molecular weight is 261 g/mol. The number of nitrogen functional groups attached to an aromatic ring is 1. The number of pyridine rings is 1. The van der Waals surface area contributed by atoms with Crippen LogP contribution < -0.4 is 16.4 Å². The van der Waals surface area contributed by atoms with E-state index in [0.29, 0.717) is 12.4 Å². The molecule has 0 fully saturated rings. The Bertz CT molecular complexity index is 336. The van der Waals surface area contributed by atoms with Crippen molar-refractivity contribution in [3.8, 4) is 0 Å². The molecule has 0 aliphatic rings. The minimum absolute atomic E-state index is 0.128. The number of hydrogen-bond acceptors (Lipinski definition) is 4. The van der Waals surface area contributed by atoms with Crippen molar-refractivity contribution in [1.29, 1.82) is 0 Å². The summed E-state index contributed by atoms with van der Waals surface area (Å²) in [6.45, 7) is 4.59. The molecule has 0 amide bonds. The minimum Gasteiger partial charge on any atom is -0.397 e. The van der Waals surface area contributed by atoms with Crippen LogP contribution >= 0.6 is 11.6 Å². The second-order valence-electron chi connectivity index (χ2n) is 3.73. The maximum Gasteiger partial charge on any atom is 0.235 e. The zero-order valence-corrected chi connectivity index (χ0v) is 10.6. The van der Waals surface area contributed by atoms with Gasteiger partial charge in [0, 0.05) is 19.2 Å². The molecule has 0 aromatic carbocycles. The number of anilines is 2. The van der Waals surface area contributed by atoms with E-state index >= 15 is 0 Å². The molecule has 17 heavy (non-hydrogen) atoms. The van der Waals surface area contributed by atoms with E-state index in [9.17, 15) is 4.39 Å².